The van der Waals surface area contributed by atoms with Gasteiger partial charge in [0.25, 0.3) is 5.91 Å². The average molecular weight is 414 g/mol. The number of rotatable bonds is 3. The number of hydrazone groups is 1. The van der Waals surface area contributed by atoms with E-state index in [4.69, 9.17) is 0 Å². The van der Waals surface area contributed by atoms with Gasteiger partial charge in [0.2, 0.25) is 5.91 Å². The lowest BCUT2D eigenvalue weighted by molar-refractivity contribution is -0.133. The van der Waals surface area contributed by atoms with E-state index >= 15 is 0 Å². The minimum atomic E-state index is -3.13. The van der Waals surface area contributed by atoms with Crippen molar-refractivity contribution in [3.05, 3.63) is 28.7 Å². The molecule has 0 bridgehead atoms. The maximum absolute atomic E-state index is 12.3. The van der Waals surface area contributed by atoms with Gasteiger partial charge in [0.15, 0.2) is 9.84 Å². The molecule has 0 radical (unpaired) electrons. The Labute approximate surface area is 148 Å². The summed E-state index contributed by atoms with van der Waals surface area (Å²) in [5, 5.41) is 8.06. The normalized spacial score (nSPS) is 23.0. The summed E-state index contributed by atoms with van der Waals surface area (Å²) in [4.78, 5) is 24.4. The quantitative estimate of drug-likeness (QED) is 0.812. The number of halogens is 1. The molecule has 2 aliphatic rings. The molecule has 3 rings (SSSR count). The molecule has 0 aliphatic carbocycles. The number of amides is 2. The Morgan fingerprint density at radius 3 is 2.58 bits per heavy atom. The number of anilines is 1. The van der Waals surface area contributed by atoms with Crippen molar-refractivity contribution < 1.29 is 18.0 Å². The van der Waals surface area contributed by atoms with E-state index in [1.807, 2.05) is 0 Å². The minimum absolute atomic E-state index is 0.0530. The molecule has 128 valence electrons. The van der Waals surface area contributed by atoms with Crippen LogP contribution >= 0.6 is 15.9 Å². The molecule has 0 aromatic heterocycles. The largest absolute Gasteiger partial charge is 0.321 e. The van der Waals surface area contributed by atoms with Crippen molar-refractivity contribution in [2.45, 2.75) is 25.3 Å². The zero-order valence-electron chi connectivity index (χ0n) is 12.7. The van der Waals surface area contributed by atoms with Crippen LogP contribution < -0.4 is 5.32 Å². The van der Waals surface area contributed by atoms with Crippen molar-refractivity contribution in [1.82, 2.24) is 5.01 Å². The van der Waals surface area contributed by atoms with Crippen LogP contribution in [0.25, 0.3) is 0 Å². The summed E-state index contributed by atoms with van der Waals surface area (Å²) in [5.41, 5.74) is 0.861. The molecule has 0 saturated carbocycles. The molecule has 2 aliphatic heterocycles. The van der Waals surface area contributed by atoms with Gasteiger partial charge < -0.3 is 5.32 Å². The van der Waals surface area contributed by atoms with Gasteiger partial charge in [-0.3, -0.25) is 9.59 Å². The van der Waals surface area contributed by atoms with Crippen molar-refractivity contribution in [2.24, 2.45) is 5.10 Å². The SMILES string of the molecule is O=C(Nc1ccc(Br)cc1)C1=NN(C2CCS(=O)(=O)C2)C(=O)CC1. The van der Waals surface area contributed by atoms with Crippen LogP contribution in [0, 0.1) is 0 Å². The Balaban J connectivity index is 1.75. The first-order chi connectivity index (χ1) is 11.3. The molecule has 1 N–H and O–H groups in total. The molecule has 1 fully saturated rings. The Kier molecular flexibility index (Phi) is 4.73. The first kappa shape index (κ1) is 17.1. The molecule has 2 amide bonds. The van der Waals surface area contributed by atoms with E-state index in [-0.39, 0.29) is 41.9 Å². The van der Waals surface area contributed by atoms with E-state index in [2.05, 4.69) is 26.3 Å². The van der Waals surface area contributed by atoms with Crippen LogP contribution in [0.15, 0.2) is 33.8 Å². The predicted octanol–water partition coefficient (Wildman–Crippen LogP) is 1.55. The number of benzene rings is 1. The van der Waals surface area contributed by atoms with Gasteiger partial charge in [-0.25, -0.2) is 13.4 Å². The van der Waals surface area contributed by atoms with E-state index < -0.39 is 15.9 Å². The summed E-state index contributed by atoms with van der Waals surface area (Å²) >= 11 is 3.32. The summed E-state index contributed by atoms with van der Waals surface area (Å²) < 4.78 is 24.1. The van der Waals surface area contributed by atoms with E-state index in [9.17, 15) is 18.0 Å². The molecule has 2 heterocycles. The lowest BCUT2D eigenvalue weighted by atomic mass is 10.1. The van der Waals surface area contributed by atoms with Gasteiger partial charge in [0.1, 0.15) is 5.71 Å². The van der Waals surface area contributed by atoms with Gasteiger partial charge in [-0.1, -0.05) is 15.9 Å². The molecule has 1 saturated heterocycles. The third kappa shape index (κ3) is 3.84. The number of carbonyl (C=O) groups excluding carboxylic acids is 2. The van der Waals surface area contributed by atoms with Crippen molar-refractivity contribution in [1.29, 1.82) is 0 Å². The number of hydrogen-bond acceptors (Lipinski definition) is 5. The highest BCUT2D eigenvalue weighted by Gasteiger charge is 2.37. The average Bonchev–Trinajstić information content (AvgIpc) is 2.90. The van der Waals surface area contributed by atoms with Crippen molar-refractivity contribution >= 4 is 49.0 Å². The first-order valence-corrected chi connectivity index (χ1v) is 10.1. The number of carbonyl (C=O) groups is 2. The molecule has 1 unspecified atom stereocenters. The number of hydrogen-bond donors (Lipinski definition) is 1. The maximum Gasteiger partial charge on any atom is 0.271 e. The highest BCUT2D eigenvalue weighted by atomic mass is 79.9. The molecule has 7 nitrogen and oxygen atoms in total. The van der Waals surface area contributed by atoms with Gasteiger partial charge >= 0.3 is 0 Å². The van der Waals surface area contributed by atoms with Crippen LogP contribution in [0.5, 0.6) is 0 Å². The van der Waals surface area contributed by atoms with Gasteiger partial charge in [-0.2, -0.15) is 5.10 Å². The zero-order valence-corrected chi connectivity index (χ0v) is 15.1. The summed E-state index contributed by atoms with van der Waals surface area (Å²) in [6, 6.07) is 6.63. The van der Waals surface area contributed by atoms with E-state index in [1.54, 1.807) is 24.3 Å². The predicted molar refractivity (Wildman–Crippen MR) is 93.3 cm³/mol. The third-order valence-electron chi connectivity index (χ3n) is 3.98. The maximum atomic E-state index is 12.3. The number of nitrogens with one attached hydrogen (secondary N) is 1. The topological polar surface area (TPSA) is 95.9 Å². The molecule has 1 aromatic carbocycles. The minimum Gasteiger partial charge on any atom is -0.321 e. The molecule has 1 aromatic rings. The van der Waals surface area contributed by atoms with Crippen molar-refractivity contribution in [3.63, 3.8) is 0 Å². The Morgan fingerprint density at radius 2 is 1.96 bits per heavy atom. The van der Waals surface area contributed by atoms with Crippen LogP contribution in [0.3, 0.4) is 0 Å². The van der Waals surface area contributed by atoms with Gasteiger partial charge in [0.05, 0.1) is 17.5 Å². The fourth-order valence-electron chi connectivity index (χ4n) is 2.72. The molecule has 9 heteroatoms. The fourth-order valence-corrected chi connectivity index (χ4v) is 4.68. The monoisotopic (exact) mass is 413 g/mol. The highest BCUT2D eigenvalue weighted by Crippen LogP contribution is 2.22. The standard InChI is InChI=1S/C15H16BrN3O4S/c16-10-1-3-11(4-2-10)17-15(21)13-5-6-14(20)19(18-13)12-7-8-24(22,23)9-12/h1-4,12H,5-9H2,(H,17,21). The third-order valence-corrected chi connectivity index (χ3v) is 6.26. The van der Waals surface area contributed by atoms with Crippen LogP contribution in [0.1, 0.15) is 19.3 Å². The van der Waals surface area contributed by atoms with Crippen molar-refractivity contribution in [2.75, 3.05) is 16.8 Å². The zero-order chi connectivity index (χ0) is 17.3. The second-order valence-corrected chi connectivity index (χ2v) is 8.95. The Bertz CT molecular complexity index is 805. The van der Waals surface area contributed by atoms with Crippen LogP contribution in [-0.4, -0.2) is 48.5 Å². The summed E-state index contributed by atoms with van der Waals surface area (Å²) in [6.07, 6.45) is 0.763. The lowest BCUT2D eigenvalue weighted by Gasteiger charge is -2.27. The van der Waals surface area contributed by atoms with E-state index in [1.165, 1.54) is 5.01 Å². The summed E-state index contributed by atoms with van der Waals surface area (Å²) in [5.74, 6) is -0.658. The lowest BCUT2D eigenvalue weighted by Crippen LogP contribution is -2.42. The van der Waals surface area contributed by atoms with Gasteiger partial charge in [0, 0.05) is 23.0 Å². The molecule has 24 heavy (non-hydrogen) atoms. The van der Waals surface area contributed by atoms with Crippen molar-refractivity contribution in [3.8, 4) is 0 Å². The first-order valence-electron chi connectivity index (χ1n) is 7.51. The number of sulfone groups is 1. The van der Waals surface area contributed by atoms with E-state index in [0.29, 0.717) is 12.1 Å². The molecular formula is C15H16BrN3O4S. The second-order valence-electron chi connectivity index (χ2n) is 5.80. The van der Waals surface area contributed by atoms with Crippen LogP contribution in [0.2, 0.25) is 0 Å². The highest BCUT2D eigenvalue weighted by molar-refractivity contribution is 9.10. The fraction of sp³-hybridized carbons (Fsp3) is 0.400. The summed E-state index contributed by atoms with van der Waals surface area (Å²) in [6.45, 7) is 0. The van der Waals surface area contributed by atoms with Gasteiger partial charge in [-0.15, -0.1) is 0 Å². The van der Waals surface area contributed by atoms with Crippen LogP contribution in [0.4, 0.5) is 5.69 Å². The summed E-state index contributed by atoms with van der Waals surface area (Å²) in [7, 11) is -3.13. The smallest absolute Gasteiger partial charge is 0.271 e. The van der Waals surface area contributed by atoms with Crippen LogP contribution in [-0.2, 0) is 19.4 Å². The molecular weight excluding hydrogens is 398 g/mol. The van der Waals surface area contributed by atoms with Gasteiger partial charge in [-0.05, 0) is 30.7 Å². The second kappa shape index (κ2) is 6.64. The van der Waals surface area contributed by atoms with E-state index in [0.717, 1.165) is 4.47 Å². The Hall–Kier alpha value is -1.74. The number of nitrogens with zero attached hydrogens (tertiary/aromatic N) is 2. The Morgan fingerprint density at radius 1 is 1.25 bits per heavy atom. The molecule has 1 atom stereocenters. The molecule has 0 spiro atoms.